The molecular weight excluding hydrogens is 417 g/mol. The summed E-state index contributed by atoms with van der Waals surface area (Å²) in [5.41, 5.74) is 5.21. The van der Waals surface area contributed by atoms with E-state index in [0.717, 1.165) is 0 Å². The molecule has 1 aliphatic rings. The zero-order chi connectivity index (χ0) is 23.5. The number of likely N-dealkylation sites (tertiary alicyclic amines) is 1. The van der Waals surface area contributed by atoms with Crippen LogP contribution in [0.15, 0.2) is 24.4 Å². The average molecular weight is 445 g/mol. The number of methoxy groups -OCH3 is 1. The summed E-state index contributed by atoms with van der Waals surface area (Å²) >= 11 is 0. The van der Waals surface area contributed by atoms with Crippen molar-refractivity contribution < 1.29 is 23.5 Å². The summed E-state index contributed by atoms with van der Waals surface area (Å²) in [5, 5.41) is 3.18. The smallest absolute Gasteiger partial charge is 0.410 e. The molecule has 0 spiro atoms. The Morgan fingerprint density at radius 1 is 1.25 bits per heavy atom. The van der Waals surface area contributed by atoms with Crippen molar-refractivity contribution in [2.75, 3.05) is 31.2 Å². The van der Waals surface area contributed by atoms with Crippen LogP contribution in [0.2, 0.25) is 0 Å². The molecule has 0 aliphatic carbocycles. The van der Waals surface area contributed by atoms with Gasteiger partial charge in [-0.15, -0.1) is 0 Å². The van der Waals surface area contributed by atoms with Gasteiger partial charge in [0.2, 0.25) is 11.7 Å². The van der Waals surface area contributed by atoms with Crippen LogP contribution in [0.4, 0.5) is 21.0 Å². The molecule has 0 bridgehead atoms. The van der Waals surface area contributed by atoms with E-state index in [1.54, 1.807) is 4.90 Å². The van der Waals surface area contributed by atoms with Gasteiger partial charge in [-0.25, -0.2) is 14.2 Å². The zero-order valence-corrected chi connectivity index (χ0v) is 18.6. The van der Waals surface area contributed by atoms with Crippen LogP contribution in [0.1, 0.15) is 49.5 Å². The fourth-order valence-corrected chi connectivity index (χ4v) is 3.38. The minimum Gasteiger partial charge on any atom is -0.496 e. The number of amides is 1. The van der Waals surface area contributed by atoms with Crippen LogP contribution in [-0.4, -0.2) is 58.6 Å². The maximum absolute atomic E-state index is 14.2. The number of nitrogens with zero attached hydrogens (tertiary/aromatic N) is 3. The third-order valence-corrected chi connectivity index (χ3v) is 4.97. The quantitative estimate of drug-likeness (QED) is 0.673. The number of hydrogen-bond donors (Lipinski definition) is 2. The van der Waals surface area contributed by atoms with E-state index in [4.69, 9.17) is 15.2 Å². The summed E-state index contributed by atoms with van der Waals surface area (Å²) in [6.07, 6.45) is 2.29. The molecule has 0 radical (unpaired) electrons. The van der Waals surface area contributed by atoms with Gasteiger partial charge in [-0.2, -0.15) is 4.98 Å². The molecule has 9 nitrogen and oxygen atoms in total. The molecule has 2 heterocycles. The van der Waals surface area contributed by atoms with Crippen molar-refractivity contribution in [2.45, 2.75) is 45.3 Å². The number of piperidine rings is 1. The second-order valence-corrected chi connectivity index (χ2v) is 8.52. The van der Waals surface area contributed by atoms with Gasteiger partial charge in [0.15, 0.2) is 0 Å². The predicted molar refractivity (Wildman–Crippen MR) is 117 cm³/mol. The number of ether oxygens (including phenoxy) is 2. The Labute approximate surface area is 186 Å². The van der Waals surface area contributed by atoms with Crippen LogP contribution in [0.3, 0.4) is 0 Å². The van der Waals surface area contributed by atoms with Gasteiger partial charge in [0, 0.05) is 25.3 Å². The van der Waals surface area contributed by atoms with E-state index in [2.05, 4.69) is 15.3 Å². The third kappa shape index (κ3) is 5.43. The highest BCUT2D eigenvalue weighted by Gasteiger charge is 2.28. The first-order valence-electron chi connectivity index (χ1n) is 10.3. The van der Waals surface area contributed by atoms with Gasteiger partial charge in [0.1, 0.15) is 28.5 Å². The first-order chi connectivity index (χ1) is 15.1. The molecule has 1 fully saturated rings. The molecule has 1 aliphatic heterocycles. The van der Waals surface area contributed by atoms with E-state index in [-0.39, 0.29) is 40.8 Å². The lowest BCUT2D eigenvalue weighted by atomic mass is 10.0. The number of halogens is 1. The zero-order valence-electron chi connectivity index (χ0n) is 18.6. The number of nitrogens with one attached hydrogen (secondary N) is 1. The Hall–Kier alpha value is -3.43. The van der Waals surface area contributed by atoms with Crippen LogP contribution in [0.25, 0.3) is 0 Å². The van der Waals surface area contributed by atoms with Gasteiger partial charge in [-0.05, 0) is 45.7 Å². The number of carbonyl (C=O) groups excluding carboxylic acids is 2. The Morgan fingerprint density at radius 3 is 2.53 bits per heavy atom. The molecule has 3 N–H and O–H groups in total. The van der Waals surface area contributed by atoms with E-state index in [9.17, 15) is 14.0 Å². The first kappa shape index (κ1) is 23.2. The van der Waals surface area contributed by atoms with E-state index in [1.165, 1.54) is 31.5 Å². The van der Waals surface area contributed by atoms with E-state index >= 15 is 0 Å². The monoisotopic (exact) mass is 445 g/mol. The lowest BCUT2D eigenvalue weighted by Crippen LogP contribution is -2.44. The van der Waals surface area contributed by atoms with Crippen LogP contribution in [0, 0.1) is 5.82 Å². The summed E-state index contributed by atoms with van der Waals surface area (Å²) in [6, 6.07) is 4.15. The SMILES string of the molecule is COc1cccc(F)c1C(=O)c1cnc(NC2CCN(C(=O)OC(C)(C)C)CC2)nc1N. The van der Waals surface area contributed by atoms with Crippen LogP contribution in [0.5, 0.6) is 5.75 Å². The topological polar surface area (TPSA) is 120 Å². The summed E-state index contributed by atoms with van der Waals surface area (Å²) in [4.78, 5) is 35.0. The molecule has 0 saturated carbocycles. The number of ketones is 1. The largest absolute Gasteiger partial charge is 0.496 e. The van der Waals surface area contributed by atoms with Crippen molar-refractivity contribution in [3.63, 3.8) is 0 Å². The van der Waals surface area contributed by atoms with Gasteiger partial charge >= 0.3 is 6.09 Å². The van der Waals surface area contributed by atoms with Crippen molar-refractivity contribution in [1.82, 2.24) is 14.9 Å². The number of benzene rings is 1. The number of carbonyl (C=O) groups is 2. The molecule has 1 amide bonds. The van der Waals surface area contributed by atoms with Gasteiger partial charge in [-0.3, -0.25) is 4.79 Å². The lowest BCUT2D eigenvalue weighted by Gasteiger charge is -2.33. The van der Waals surface area contributed by atoms with Crippen LogP contribution >= 0.6 is 0 Å². The lowest BCUT2D eigenvalue weighted by molar-refractivity contribution is 0.0210. The predicted octanol–water partition coefficient (Wildman–Crippen LogP) is 3.25. The molecule has 32 heavy (non-hydrogen) atoms. The Morgan fingerprint density at radius 2 is 1.94 bits per heavy atom. The maximum atomic E-state index is 14.2. The fourth-order valence-electron chi connectivity index (χ4n) is 3.38. The normalized spacial score (nSPS) is 14.7. The highest BCUT2D eigenvalue weighted by atomic mass is 19.1. The van der Waals surface area contributed by atoms with Crippen molar-refractivity contribution >= 4 is 23.6 Å². The Balaban J connectivity index is 1.65. The van der Waals surface area contributed by atoms with Gasteiger partial charge in [0.25, 0.3) is 0 Å². The van der Waals surface area contributed by atoms with Gasteiger partial charge in [-0.1, -0.05) is 6.07 Å². The molecule has 1 saturated heterocycles. The summed E-state index contributed by atoms with van der Waals surface area (Å²) < 4.78 is 24.7. The average Bonchev–Trinajstić information content (AvgIpc) is 2.72. The van der Waals surface area contributed by atoms with Crippen LogP contribution < -0.4 is 15.8 Å². The molecule has 0 atom stereocenters. The van der Waals surface area contributed by atoms with Crippen molar-refractivity contribution in [1.29, 1.82) is 0 Å². The highest BCUT2D eigenvalue weighted by molar-refractivity contribution is 6.13. The van der Waals surface area contributed by atoms with Crippen LogP contribution in [-0.2, 0) is 4.74 Å². The summed E-state index contributed by atoms with van der Waals surface area (Å²) in [6.45, 7) is 6.56. The maximum Gasteiger partial charge on any atom is 0.410 e. The second-order valence-electron chi connectivity index (χ2n) is 8.52. The summed E-state index contributed by atoms with van der Waals surface area (Å²) in [5.74, 6) is -1.07. The molecule has 2 aromatic rings. The van der Waals surface area contributed by atoms with Gasteiger partial charge in [0.05, 0.1) is 12.7 Å². The molecule has 0 unspecified atom stereocenters. The van der Waals surface area contributed by atoms with Crippen molar-refractivity contribution in [2.24, 2.45) is 0 Å². The van der Waals surface area contributed by atoms with Gasteiger partial charge < -0.3 is 25.4 Å². The van der Waals surface area contributed by atoms with E-state index < -0.39 is 17.2 Å². The number of aromatic nitrogens is 2. The number of rotatable bonds is 5. The van der Waals surface area contributed by atoms with Crippen molar-refractivity contribution in [3.05, 3.63) is 41.3 Å². The Kier molecular flexibility index (Phi) is 6.81. The Bertz CT molecular complexity index is 1000. The molecule has 172 valence electrons. The standard InChI is InChI=1S/C22H28FN5O4/c1-22(2,3)32-21(30)28-10-8-13(9-11-28)26-20-25-12-14(19(24)27-20)18(29)17-15(23)6-5-7-16(17)31-4/h5-7,12-13H,8-11H2,1-4H3,(H3,24,25,26,27). The minimum absolute atomic E-state index is 0.0151. The second kappa shape index (κ2) is 9.37. The third-order valence-electron chi connectivity index (χ3n) is 4.97. The van der Waals surface area contributed by atoms with Crippen molar-refractivity contribution in [3.8, 4) is 5.75 Å². The number of hydrogen-bond acceptors (Lipinski definition) is 8. The fraction of sp³-hybridized carbons (Fsp3) is 0.455. The molecule has 10 heteroatoms. The molecular formula is C22H28FN5O4. The minimum atomic E-state index is -0.715. The van der Waals surface area contributed by atoms with E-state index in [1.807, 2.05) is 20.8 Å². The molecule has 3 rings (SSSR count). The summed E-state index contributed by atoms with van der Waals surface area (Å²) in [7, 11) is 1.35. The number of anilines is 2. The first-order valence-corrected chi connectivity index (χ1v) is 10.3. The molecule has 1 aromatic carbocycles. The number of nitrogens with two attached hydrogens (primary N) is 1. The molecule has 1 aromatic heterocycles. The number of nitrogen functional groups attached to an aromatic ring is 1. The highest BCUT2D eigenvalue weighted by Crippen LogP contribution is 2.26. The van der Waals surface area contributed by atoms with E-state index in [0.29, 0.717) is 25.9 Å².